The van der Waals surface area contributed by atoms with Gasteiger partial charge >= 0.3 is 0 Å². The first-order chi connectivity index (χ1) is 7.67. The van der Waals surface area contributed by atoms with Crippen LogP contribution in [0, 0.1) is 0 Å². The summed E-state index contributed by atoms with van der Waals surface area (Å²) in [4.78, 5) is 0. The zero-order valence-electron chi connectivity index (χ0n) is 10.2. The fraction of sp³-hybridized carbons (Fsp3) is 0.538. The van der Waals surface area contributed by atoms with Gasteiger partial charge in [0.25, 0.3) is 0 Å². The highest BCUT2D eigenvalue weighted by molar-refractivity contribution is 9.10. The maximum atomic E-state index is 3.62. The largest absolute Gasteiger partial charge is 0.309 e. The van der Waals surface area contributed by atoms with Crippen LogP contribution >= 0.6 is 27.7 Å². The molecule has 1 aromatic rings. The van der Waals surface area contributed by atoms with E-state index in [-0.39, 0.29) is 0 Å². The molecule has 1 rings (SSSR count). The molecule has 0 saturated heterocycles. The number of rotatable bonds is 6. The van der Waals surface area contributed by atoms with Crippen LogP contribution in [-0.4, -0.2) is 18.1 Å². The first kappa shape index (κ1) is 14.1. The Hall–Kier alpha value is 0.01000. The van der Waals surface area contributed by atoms with Crippen LogP contribution in [0.1, 0.15) is 31.9 Å². The second-order valence-electron chi connectivity index (χ2n) is 3.97. The van der Waals surface area contributed by atoms with Crippen molar-refractivity contribution in [2.45, 2.75) is 31.6 Å². The first-order valence-electron chi connectivity index (χ1n) is 5.69. The number of benzene rings is 1. The molecule has 0 aliphatic carbocycles. The predicted molar refractivity (Wildman–Crippen MR) is 78.2 cm³/mol. The third-order valence-electron chi connectivity index (χ3n) is 2.73. The van der Waals surface area contributed by atoms with Crippen LogP contribution in [-0.2, 0) is 0 Å². The van der Waals surface area contributed by atoms with Crippen molar-refractivity contribution in [1.82, 2.24) is 5.32 Å². The highest BCUT2D eigenvalue weighted by atomic mass is 79.9. The van der Waals surface area contributed by atoms with Gasteiger partial charge in [-0.25, -0.2) is 0 Å². The molecule has 0 aliphatic rings. The molecule has 16 heavy (non-hydrogen) atoms. The molecule has 0 radical (unpaired) electrons. The predicted octanol–water partition coefficient (Wildman–Crippen LogP) is 4.24. The van der Waals surface area contributed by atoms with E-state index >= 15 is 0 Å². The van der Waals surface area contributed by atoms with Gasteiger partial charge in [0.15, 0.2) is 0 Å². The molecule has 0 spiro atoms. The Bertz CT molecular complexity index is 299. The third kappa shape index (κ3) is 4.48. The molecule has 2 atom stereocenters. The van der Waals surface area contributed by atoms with Gasteiger partial charge in [0.05, 0.1) is 0 Å². The molecule has 0 aromatic heterocycles. The maximum Gasteiger partial charge on any atom is 0.0318 e. The van der Waals surface area contributed by atoms with Gasteiger partial charge in [-0.05, 0) is 30.4 Å². The van der Waals surface area contributed by atoms with Crippen LogP contribution in [0.3, 0.4) is 0 Å². The van der Waals surface area contributed by atoms with Crippen LogP contribution in [0.5, 0.6) is 0 Å². The Morgan fingerprint density at radius 2 is 1.94 bits per heavy atom. The summed E-state index contributed by atoms with van der Waals surface area (Å²) in [5.74, 6) is 0. The smallest absolute Gasteiger partial charge is 0.0318 e. The minimum absolute atomic E-state index is 0.475. The monoisotopic (exact) mass is 301 g/mol. The topological polar surface area (TPSA) is 12.0 Å². The van der Waals surface area contributed by atoms with Crippen molar-refractivity contribution in [3.63, 3.8) is 0 Å². The van der Waals surface area contributed by atoms with Crippen molar-refractivity contribution in [2.24, 2.45) is 0 Å². The molecular weight excluding hydrogens is 282 g/mol. The van der Waals surface area contributed by atoms with Gasteiger partial charge in [-0.2, -0.15) is 11.8 Å². The van der Waals surface area contributed by atoms with E-state index in [1.165, 1.54) is 5.56 Å². The molecule has 0 aliphatic heterocycles. The molecule has 0 fully saturated rings. The second-order valence-corrected chi connectivity index (χ2v) is 6.16. The molecule has 90 valence electrons. The normalized spacial score (nSPS) is 14.8. The van der Waals surface area contributed by atoms with E-state index in [0.717, 1.165) is 17.4 Å². The lowest BCUT2D eigenvalue weighted by Gasteiger charge is -2.19. The standard InChI is InChI=1S/C13H20BrNS/c1-4-13(15-9-10(2)16-3)11-5-7-12(14)8-6-11/h5-8,10,13,15H,4,9H2,1-3H3. The van der Waals surface area contributed by atoms with Crippen molar-refractivity contribution in [3.05, 3.63) is 34.3 Å². The van der Waals surface area contributed by atoms with Crippen LogP contribution in [0.25, 0.3) is 0 Å². The fourth-order valence-electron chi connectivity index (χ4n) is 1.58. The fourth-order valence-corrected chi connectivity index (χ4v) is 2.11. The van der Waals surface area contributed by atoms with Crippen LogP contribution in [0.15, 0.2) is 28.7 Å². The summed E-state index contributed by atoms with van der Waals surface area (Å²) in [7, 11) is 0. The van der Waals surface area contributed by atoms with Gasteiger partial charge in [0.2, 0.25) is 0 Å². The Kier molecular flexibility index (Phi) is 6.47. The Labute approximate surface area is 112 Å². The van der Waals surface area contributed by atoms with Gasteiger partial charge in [0.1, 0.15) is 0 Å². The Morgan fingerprint density at radius 3 is 2.44 bits per heavy atom. The summed E-state index contributed by atoms with van der Waals surface area (Å²) < 4.78 is 1.14. The number of hydrogen-bond donors (Lipinski definition) is 1. The zero-order chi connectivity index (χ0) is 12.0. The Balaban J connectivity index is 2.57. The first-order valence-corrected chi connectivity index (χ1v) is 7.77. The number of thioether (sulfide) groups is 1. The molecule has 3 heteroatoms. The molecule has 1 aromatic carbocycles. The minimum atomic E-state index is 0.475. The highest BCUT2D eigenvalue weighted by Gasteiger charge is 2.09. The summed E-state index contributed by atoms with van der Waals surface area (Å²) in [5.41, 5.74) is 1.37. The van der Waals surface area contributed by atoms with Crippen molar-refractivity contribution in [2.75, 3.05) is 12.8 Å². The summed E-state index contributed by atoms with van der Waals surface area (Å²) in [5, 5.41) is 4.29. The molecular formula is C13H20BrNS. The van der Waals surface area contributed by atoms with Gasteiger partial charge in [0, 0.05) is 22.3 Å². The molecule has 1 nitrogen and oxygen atoms in total. The molecule has 1 N–H and O–H groups in total. The lowest BCUT2D eigenvalue weighted by Crippen LogP contribution is -2.27. The van der Waals surface area contributed by atoms with Crippen molar-refractivity contribution in [3.8, 4) is 0 Å². The van der Waals surface area contributed by atoms with E-state index < -0.39 is 0 Å². The molecule has 0 bridgehead atoms. The second kappa shape index (κ2) is 7.36. The van der Waals surface area contributed by atoms with Gasteiger partial charge in [-0.3, -0.25) is 0 Å². The van der Waals surface area contributed by atoms with Crippen molar-refractivity contribution < 1.29 is 0 Å². The summed E-state index contributed by atoms with van der Waals surface area (Å²) >= 11 is 5.37. The molecule has 0 heterocycles. The lowest BCUT2D eigenvalue weighted by atomic mass is 10.0. The lowest BCUT2D eigenvalue weighted by molar-refractivity contribution is 0.522. The van der Waals surface area contributed by atoms with Crippen LogP contribution in [0.4, 0.5) is 0 Å². The highest BCUT2D eigenvalue weighted by Crippen LogP contribution is 2.19. The van der Waals surface area contributed by atoms with Crippen LogP contribution in [0.2, 0.25) is 0 Å². The average Bonchev–Trinajstić information content (AvgIpc) is 2.31. The number of halogens is 1. The average molecular weight is 302 g/mol. The minimum Gasteiger partial charge on any atom is -0.309 e. The van der Waals surface area contributed by atoms with E-state index in [9.17, 15) is 0 Å². The SMILES string of the molecule is CCC(NCC(C)SC)c1ccc(Br)cc1. The van der Waals surface area contributed by atoms with Gasteiger partial charge in [-0.1, -0.05) is 41.9 Å². The zero-order valence-corrected chi connectivity index (χ0v) is 12.6. The van der Waals surface area contributed by atoms with E-state index in [4.69, 9.17) is 0 Å². The van der Waals surface area contributed by atoms with E-state index in [1.54, 1.807) is 0 Å². The summed E-state index contributed by atoms with van der Waals surface area (Å²) in [6, 6.07) is 9.07. The molecule has 2 unspecified atom stereocenters. The van der Waals surface area contributed by atoms with E-state index in [1.807, 2.05) is 11.8 Å². The molecule has 0 saturated carbocycles. The van der Waals surface area contributed by atoms with Gasteiger partial charge < -0.3 is 5.32 Å². The molecule has 0 amide bonds. The van der Waals surface area contributed by atoms with E-state index in [0.29, 0.717) is 11.3 Å². The van der Waals surface area contributed by atoms with Gasteiger partial charge in [-0.15, -0.1) is 0 Å². The quantitative estimate of drug-likeness (QED) is 0.843. The van der Waals surface area contributed by atoms with Crippen molar-refractivity contribution in [1.29, 1.82) is 0 Å². The maximum absolute atomic E-state index is 3.62. The van der Waals surface area contributed by atoms with Crippen molar-refractivity contribution >= 4 is 27.7 Å². The number of nitrogens with one attached hydrogen (secondary N) is 1. The summed E-state index contributed by atoms with van der Waals surface area (Å²) in [6.07, 6.45) is 3.29. The summed E-state index contributed by atoms with van der Waals surface area (Å²) in [6.45, 7) is 5.55. The van der Waals surface area contributed by atoms with E-state index in [2.05, 4.69) is 65.6 Å². The van der Waals surface area contributed by atoms with Crippen LogP contribution < -0.4 is 5.32 Å². The number of hydrogen-bond acceptors (Lipinski definition) is 2. The third-order valence-corrected chi connectivity index (χ3v) is 4.23. The Morgan fingerprint density at radius 1 is 1.31 bits per heavy atom.